The van der Waals surface area contributed by atoms with Gasteiger partial charge < -0.3 is 0 Å². The molecule has 0 saturated heterocycles. The molecule has 0 saturated carbocycles. The van der Waals surface area contributed by atoms with Crippen LogP contribution in [-0.4, -0.2) is 4.21 Å². The number of benzene rings is 2. The molecule has 0 aliphatic heterocycles. The van der Waals surface area contributed by atoms with Crippen LogP contribution in [0.5, 0.6) is 0 Å². The van der Waals surface area contributed by atoms with E-state index in [0.717, 1.165) is 5.56 Å². The zero-order valence-corrected chi connectivity index (χ0v) is 12.9. The third-order valence-electron chi connectivity index (χ3n) is 3.58. The van der Waals surface area contributed by atoms with E-state index >= 15 is 0 Å². The fourth-order valence-corrected chi connectivity index (χ4v) is 4.17. The van der Waals surface area contributed by atoms with Crippen molar-refractivity contribution in [2.75, 3.05) is 0 Å². The minimum Gasteiger partial charge on any atom is -0.258 e. The van der Waals surface area contributed by atoms with E-state index in [1.807, 2.05) is 37.3 Å². The van der Waals surface area contributed by atoms with Gasteiger partial charge in [0.05, 0.1) is 10.5 Å². The van der Waals surface area contributed by atoms with E-state index in [-0.39, 0.29) is 10.8 Å². The minimum atomic E-state index is -1.41. The van der Waals surface area contributed by atoms with Crippen molar-refractivity contribution in [2.45, 2.75) is 30.8 Å². The van der Waals surface area contributed by atoms with Crippen LogP contribution in [0.25, 0.3) is 0 Å². The van der Waals surface area contributed by atoms with Crippen molar-refractivity contribution in [3.63, 3.8) is 0 Å². The van der Waals surface area contributed by atoms with Gasteiger partial charge in [0.25, 0.3) is 0 Å². The summed E-state index contributed by atoms with van der Waals surface area (Å²) in [5.74, 6) is -1.28. The molecule has 0 aliphatic rings. The molecule has 0 spiro atoms. The maximum absolute atomic E-state index is 13.9. The topological polar surface area (TPSA) is 17.1 Å². The highest BCUT2D eigenvalue weighted by Crippen LogP contribution is 2.34. The number of hydrogen-bond acceptors (Lipinski definition) is 1. The van der Waals surface area contributed by atoms with E-state index < -0.39 is 27.7 Å². The van der Waals surface area contributed by atoms with Gasteiger partial charge in [-0.15, -0.1) is 0 Å². The highest BCUT2D eigenvalue weighted by molar-refractivity contribution is 7.85. The molecule has 0 unspecified atom stereocenters. The van der Waals surface area contributed by atoms with Crippen molar-refractivity contribution in [3.05, 3.63) is 71.3 Å². The van der Waals surface area contributed by atoms with Crippen molar-refractivity contribution in [1.82, 2.24) is 0 Å². The Labute approximate surface area is 126 Å². The van der Waals surface area contributed by atoms with Crippen molar-refractivity contribution in [1.29, 1.82) is 0 Å². The molecule has 2 aromatic carbocycles. The monoisotopic (exact) mass is 308 g/mol. The summed E-state index contributed by atoms with van der Waals surface area (Å²) < 4.78 is 40.5. The van der Waals surface area contributed by atoms with Gasteiger partial charge in [0, 0.05) is 16.4 Å². The second kappa shape index (κ2) is 6.94. The normalized spacial score (nSPS) is 15.4. The summed E-state index contributed by atoms with van der Waals surface area (Å²) in [6.07, 6.45) is 0.650. The lowest BCUT2D eigenvalue weighted by atomic mass is 10.1. The lowest BCUT2D eigenvalue weighted by Crippen LogP contribution is -2.14. The highest BCUT2D eigenvalue weighted by Gasteiger charge is 2.27. The first kappa shape index (κ1) is 15.8. The van der Waals surface area contributed by atoms with Crippen LogP contribution >= 0.6 is 0 Å². The van der Waals surface area contributed by atoms with Gasteiger partial charge in [-0.3, -0.25) is 4.21 Å². The molecule has 0 aliphatic carbocycles. The summed E-state index contributed by atoms with van der Waals surface area (Å²) in [5, 5.41) is -0.934. The molecule has 1 nitrogen and oxygen atoms in total. The third-order valence-corrected chi connectivity index (χ3v) is 5.68. The smallest absolute Gasteiger partial charge is 0.130 e. The molecule has 2 aromatic rings. The third kappa shape index (κ3) is 3.38. The first-order valence-electron chi connectivity index (χ1n) is 6.94. The Morgan fingerprint density at radius 3 is 2.10 bits per heavy atom. The van der Waals surface area contributed by atoms with E-state index in [9.17, 15) is 13.0 Å². The largest absolute Gasteiger partial charge is 0.258 e. The number of halogens is 2. The number of rotatable bonds is 5. The number of hydrogen-bond donors (Lipinski definition) is 0. The van der Waals surface area contributed by atoms with Gasteiger partial charge in [0.2, 0.25) is 0 Å². The molecule has 0 bridgehead atoms. The van der Waals surface area contributed by atoms with Crippen LogP contribution in [0.15, 0.2) is 48.5 Å². The maximum atomic E-state index is 13.9. The molecule has 2 rings (SSSR count). The van der Waals surface area contributed by atoms with Crippen LogP contribution in [0.2, 0.25) is 0 Å². The predicted molar refractivity (Wildman–Crippen MR) is 82.4 cm³/mol. The van der Waals surface area contributed by atoms with Gasteiger partial charge >= 0.3 is 0 Å². The van der Waals surface area contributed by atoms with E-state index in [1.54, 1.807) is 6.92 Å². The summed E-state index contributed by atoms with van der Waals surface area (Å²) in [6.45, 7) is 3.54. The van der Waals surface area contributed by atoms with Gasteiger partial charge in [-0.25, -0.2) is 8.78 Å². The molecule has 0 fully saturated rings. The van der Waals surface area contributed by atoms with Gasteiger partial charge in [-0.1, -0.05) is 43.3 Å². The lowest BCUT2D eigenvalue weighted by molar-refractivity contribution is 0.552. The van der Waals surface area contributed by atoms with Crippen molar-refractivity contribution in [2.24, 2.45) is 0 Å². The van der Waals surface area contributed by atoms with Crippen molar-refractivity contribution < 1.29 is 13.0 Å². The Morgan fingerprint density at radius 1 is 1.00 bits per heavy atom. The van der Waals surface area contributed by atoms with Gasteiger partial charge in [-0.2, -0.15) is 0 Å². The van der Waals surface area contributed by atoms with Gasteiger partial charge in [-0.05, 0) is 31.0 Å². The zero-order chi connectivity index (χ0) is 15.4. The molecule has 0 aromatic heterocycles. The molecule has 0 N–H and O–H groups in total. The van der Waals surface area contributed by atoms with Gasteiger partial charge in [0.15, 0.2) is 0 Å². The highest BCUT2D eigenvalue weighted by atomic mass is 32.2. The van der Waals surface area contributed by atoms with Crippen LogP contribution in [0.1, 0.15) is 41.9 Å². The average molecular weight is 308 g/mol. The van der Waals surface area contributed by atoms with Gasteiger partial charge in [0.1, 0.15) is 11.6 Å². The summed E-state index contributed by atoms with van der Waals surface area (Å²) in [7, 11) is -1.41. The molecular formula is C17H18F2OS. The first-order chi connectivity index (χ1) is 10.1. The second-order valence-electron chi connectivity index (χ2n) is 4.91. The summed E-state index contributed by atoms with van der Waals surface area (Å²) in [5.41, 5.74) is 0.840. The Kier molecular flexibility index (Phi) is 5.23. The second-order valence-corrected chi connectivity index (χ2v) is 6.85. The predicted octanol–water partition coefficient (Wildman–Crippen LogP) is 4.93. The minimum absolute atomic E-state index is 0.0924. The zero-order valence-electron chi connectivity index (χ0n) is 12.1. The molecule has 112 valence electrons. The maximum Gasteiger partial charge on any atom is 0.130 e. The Morgan fingerprint density at radius 2 is 1.57 bits per heavy atom. The summed E-state index contributed by atoms with van der Waals surface area (Å²) in [4.78, 5) is 0. The van der Waals surface area contributed by atoms with Crippen LogP contribution < -0.4 is 0 Å². The van der Waals surface area contributed by atoms with Crippen LogP contribution in [-0.2, 0) is 10.8 Å². The molecule has 0 amide bonds. The van der Waals surface area contributed by atoms with E-state index in [4.69, 9.17) is 0 Å². The standard InChI is InChI=1S/C17H18F2OS/c1-3-16(13-8-5-4-6-9-13)21(20)12(2)17-14(18)10-7-11-15(17)19/h4-12,16H,3H2,1-2H3/t12-,16-,21+/m1/s1. The summed E-state index contributed by atoms with van der Waals surface area (Å²) in [6, 6.07) is 13.2. The lowest BCUT2D eigenvalue weighted by Gasteiger charge is -2.21. The molecule has 4 heteroatoms. The average Bonchev–Trinajstić information content (AvgIpc) is 2.48. The quantitative estimate of drug-likeness (QED) is 0.765. The summed E-state index contributed by atoms with van der Waals surface area (Å²) >= 11 is 0. The van der Waals surface area contributed by atoms with Crippen LogP contribution in [0, 0.1) is 11.6 Å². The van der Waals surface area contributed by atoms with Crippen LogP contribution in [0.4, 0.5) is 8.78 Å². The van der Waals surface area contributed by atoms with Crippen molar-refractivity contribution >= 4 is 10.8 Å². The van der Waals surface area contributed by atoms with Crippen LogP contribution in [0.3, 0.4) is 0 Å². The Bertz CT molecular complexity index is 608. The Balaban J connectivity index is 2.34. The molecule has 3 atom stereocenters. The Hall–Kier alpha value is -1.55. The fraction of sp³-hybridized carbons (Fsp3) is 0.294. The SMILES string of the molecule is CC[C@H](c1ccccc1)[S@@](=O)[C@H](C)c1c(F)cccc1F. The van der Waals surface area contributed by atoms with E-state index in [1.165, 1.54) is 18.2 Å². The first-order valence-corrected chi connectivity index (χ1v) is 8.22. The fourth-order valence-electron chi connectivity index (χ4n) is 2.46. The molecular weight excluding hydrogens is 290 g/mol. The molecule has 0 radical (unpaired) electrons. The molecule has 0 heterocycles. The van der Waals surface area contributed by atoms with E-state index in [2.05, 4.69) is 0 Å². The molecule has 21 heavy (non-hydrogen) atoms. The van der Waals surface area contributed by atoms with E-state index in [0.29, 0.717) is 6.42 Å². The van der Waals surface area contributed by atoms with Crippen molar-refractivity contribution in [3.8, 4) is 0 Å².